The van der Waals surface area contributed by atoms with Crippen molar-refractivity contribution in [1.29, 1.82) is 0 Å². The molecular formula is C15H20N2. The first kappa shape index (κ1) is 11.0. The van der Waals surface area contributed by atoms with E-state index in [1.807, 2.05) is 12.4 Å². The summed E-state index contributed by atoms with van der Waals surface area (Å²) in [5.74, 6) is 0. The summed E-state index contributed by atoms with van der Waals surface area (Å²) < 4.78 is 0. The number of hydrogen-bond donors (Lipinski definition) is 0. The van der Waals surface area contributed by atoms with Gasteiger partial charge >= 0.3 is 0 Å². The van der Waals surface area contributed by atoms with E-state index in [2.05, 4.69) is 28.9 Å². The first-order valence-electron chi connectivity index (χ1n) is 6.68. The second-order valence-corrected chi connectivity index (χ2v) is 5.20. The van der Waals surface area contributed by atoms with Crippen LogP contribution in [0.2, 0.25) is 0 Å². The highest BCUT2D eigenvalue weighted by Crippen LogP contribution is 2.37. The van der Waals surface area contributed by atoms with Crippen LogP contribution in [0.1, 0.15) is 44.2 Å². The highest BCUT2D eigenvalue weighted by atomic mass is 15.2. The molecule has 1 saturated carbocycles. The molecule has 1 saturated heterocycles. The van der Waals surface area contributed by atoms with E-state index in [0.29, 0.717) is 6.04 Å². The van der Waals surface area contributed by atoms with E-state index in [0.717, 1.165) is 0 Å². The van der Waals surface area contributed by atoms with Gasteiger partial charge < -0.3 is 0 Å². The largest absolute Gasteiger partial charge is 0.296 e. The number of allylic oxidation sites excluding steroid dienone is 1. The normalized spacial score (nSPS) is 22.6. The molecule has 0 bridgehead atoms. The highest BCUT2D eigenvalue weighted by molar-refractivity contribution is 5.26. The third-order valence-electron chi connectivity index (χ3n) is 4.14. The van der Waals surface area contributed by atoms with Crippen LogP contribution in [0.15, 0.2) is 35.7 Å². The number of nitrogens with zero attached hydrogens (tertiary/aromatic N) is 2. The van der Waals surface area contributed by atoms with Gasteiger partial charge in [0.05, 0.1) is 0 Å². The maximum atomic E-state index is 4.09. The van der Waals surface area contributed by atoms with E-state index in [1.165, 1.54) is 44.3 Å². The van der Waals surface area contributed by atoms with E-state index >= 15 is 0 Å². The second kappa shape index (κ2) is 4.61. The van der Waals surface area contributed by atoms with Crippen LogP contribution in [0.4, 0.5) is 0 Å². The Hall–Kier alpha value is -1.15. The Morgan fingerprint density at radius 2 is 1.59 bits per heavy atom. The van der Waals surface area contributed by atoms with Crippen LogP contribution in [0.3, 0.4) is 0 Å². The summed E-state index contributed by atoms with van der Waals surface area (Å²) in [5, 5.41) is 0. The fraction of sp³-hybridized carbons (Fsp3) is 0.533. The number of piperidine rings is 1. The van der Waals surface area contributed by atoms with Crippen molar-refractivity contribution >= 4 is 0 Å². The number of pyridine rings is 1. The summed E-state index contributed by atoms with van der Waals surface area (Å²) in [4.78, 5) is 6.69. The molecule has 2 aliphatic rings. The van der Waals surface area contributed by atoms with Gasteiger partial charge in [0.25, 0.3) is 0 Å². The average Bonchev–Trinajstić information content (AvgIpc) is 3.24. The van der Waals surface area contributed by atoms with Gasteiger partial charge in [0.15, 0.2) is 0 Å². The lowest BCUT2D eigenvalue weighted by molar-refractivity contribution is 0.196. The molecule has 0 radical (unpaired) electrons. The summed E-state index contributed by atoms with van der Waals surface area (Å²) in [6.45, 7) is 4.76. The molecular weight excluding hydrogens is 208 g/mol. The van der Waals surface area contributed by atoms with Crippen LogP contribution in [-0.4, -0.2) is 23.0 Å². The molecule has 1 atom stereocenters. The van der Waals surface area contributed by atoms with Crippen LogP contribution in [-0.2, 0) is 0 Å². The van der Waals surface area contributed by atoms with Crippen LogP contribution < -0.4 is 0 Å². The topological polar surface area (TPSA) is 16.1 Å². The zero-order valence-corrected chi connectivity index (χ0v) is 10.5. The summed E-state index contributed by atoms with van der Waals surface area (Å²) in [7, 11) is 0. The first-order chi connectivity index (χ1) is 8.34. The van der Waals surface area contributed by atoms with E-state index < -0.39 is 0 Å². The van der Waals surface area contributed by atoms with Gasteiger partial charge in [0.1, 0.15) is 0 Å². The lowest BCUT2D eigenvalue weighted by Crippen LogP contribution is -2.33. The van der Waals surface area contributed by atoms with Crippen molar-refractivity contribution in [1.82, 2.24) is 9.88 Å². The number of hydrogen-bond acceptors (Lipinski definition) is 2. The Morgan fingerprint density at radius 1 is 1.00 bits per heavy atom. The monoisotopic (exact) mass is 228 g/mol. The second-order valence-electron chi connectivity index (χ2n) is 5.20. The molecule has 3 rings (SSSR count). The van der Waals surface area contributed by atoms with Crippen molar-refractivity contribution in [3.8, 4) is 0 Å². The minimum Gasteiger partial charge on any atom is -0.296 e. The van der Waals surface area contributed by atoms with Crippen molar-refractivity contribution < 1.29 is 0 Å². The molecule has 0 N–H and O–H groups in total. The molecule has 1 aliphatic heterocycles. The van der Waals surface area contributed by atoms with E-state index in [9.17, 15) is 0 Å². The Morgan fingerprint density at radius 3 is 2.18 bits per heavy atom. The van der Waals surface area contributed by atoms with Gasteiger partial charge in [-0.2, -0.15) is 0 Å². The predicted octanol–water partition coefficient (Wildman–Crippen LogP) is 3.33. The fourth-order valence-corrected chi connectivity index (χ4v) is 2.80. The quantitative estimate of drug-likeness (QED) is 0.722. The number of rotatable bonds is 2. The fourth-order valence-electron chi connectivity index (χ4n) is 2.80. The van der Waals surface area contributed by atoms with Crippen molar-refractivity contribution in [3.05, 3.63) is 41.2 Å². The maximum absolute atomic E-state index is 4.09. The predicted molar refractivity (Wildman–Crippen MR) is 69.7 cm³/mol. The van der Waals surface area contributed by atoms with Crippen molar-refractivity contribution in [3.63, 3.8) is 0 Å². The zero-order chi connectivity index (χ0) is 11.7. The number of likely N-dealkylation sites (tertiary alicyclic amines) is 1. The van der Waals surface area contributed by atoms with Gasteiger partial charge in [0.2, 0.25) is 0 Å². The van der Waals surface area contributed by atoms with Gasteiger partial charge in [-0.05, 0) is 50.3 Å². The molecule has 2 nitrogen and oxygen atoms in total. The van der Waals surface area contributed by atoms with Crippen LogP contribution in [0.25, 0.3) is 0 Å². The SMILES string of the molecule is CC(c1ccncc1)N1CCC(=C2CC2)CC1. The summed E-state index contributed by atoms with van der Waals surface area (Å²) in [5.41, 5.74) is 4.92. The molecule has 2 fully saturated rings. The van der Waals surface area contributed by atoms with Crippen LogP contribution in [0, 0.1) is 0 Å². The molecule has 17 heavy (non-hydrogen) atoms. The van der Waals surface area contributed by atoms with Crippen molar-refractivity contribution in [2.45, 2.75) is 38.6 Å². The lowest BCUT2D eigenvalue weighted by atomic mass is 9.99. The number of aromatic nitrogens is 1. The Kier molecular flexibility index (Phi) is 2.98. The Balaban J connectivity index is 1.64. The Labute approximate surface area is 103 Å². The van der Waals surface area contributed by atoms with Gasteiger partial charge in [-0.3, -0.25) is 9.88 Å². The summed E-state index contributed by atoms with van der Waals surface area (Å²) >= 11 is 0. The van der Waals surface area contributed by atoms with Crippen molar-refractivity contribution in [2.24, 2.45) is 0 Å². The minimum absolute atomic E-state index is 0.531. The summed E-state index contributed by atoms with van der Waals surface area (Å²) in [6, 6.07) is 4.81. The molecule has 0 spiro atoms. The third-order valence-corrected chi connectivity index (χ3v) is 4.14. The summed E-state index contributed by atoms with van der Waals surface area (Å²) in [6.07, 6.45) is 9.15. The van der Waals surface area contributed by atoms with Gasteiger partial charge in [0, 0.05) is 31.5 Å². The molecule has 1 aromatic heterocycles. The average molecular weight is 228 g/mol. The van der Waals surface area contributed by atoms with Gasteiger partial charge in [-0.15, -0.1) is 0 Å². The minimum atomic E-state index is 0.531. The smallest absolute Gasteiger partial charge is 0.0321 e. The molecule has 0 aromatic carbocycles. The molecule has 0 amide bonds. The Bertz CT molecular complexity index is 406. The van der Waals surface area contributed by atoms with Crippen LogP contribution in [0.5, 0.6) is 0 Å². The third kappa shape index (κ3) is 2.42. The first-order valence-corrected chi connectivity index (χ1v) is 6.68. The van der Waals surface area contributed by atoms with E-state index in [4.69, 9.17) is 0 Å². The zero-order valence-electron chi connectivity index (χ0n) is 10.5. The van der Waals surface area contributed by atoms with Crippen molar-refractivity contribution in [2.75, 3.05) is 13.1 Å². The van der Waals surface area contributed by atoms with Gasteiger partial charge in [-0.25, -0.2) is 0 Å². The molecule has 90 valence electrons. The standard InChI is InChI=1S/C15H20N2/c1-12(13-4-8-16-9-5-13)17-10-6-15(7-11-17)14-2-3-14/h4-5,8-9,12H,2-3,6-7,10-11H2,1H3. The molecule has 1 aliphatic carbocycles. The van der Waals surface area contributed by atoms with E-state index in [1.54, 1.807) is 11.1 Å². The molecule has 1 aromatic rings. The van der Waals surface area contributed by atoms with Crippen LogP contribution >= 0.6 is 0 Å². The van der Waals surface area contributed by atoms with Gasteiger partial charge in [-0.1, -0.05) is 11.1 Å². The maximum Gasteiger partial charge on any atom is 0.0321 e. The molecule has 2 heteroatoms. The molecule has 1 unspecified atom stereocenters. The van der Waals surface area contributed by atoms with E-state index in [-0.39, 0.29) is 0 Å². The lowest BCUT2D eigenvalue weighted by Gasteiger charge is -2.33. The molecule has 2 heterocycles. The highest BCUT2D eigenvalue weighted by Gasteiger charge is 2.24.